The average molecular weight is 478 g/mol. The van der Waals surface area contributed by atoms with Crippen LogP contribution in [0.4, 0.5) is 0 Å². The van der Waals surface area contributed by atoms with Gasteiger partial charge in [-0.15, -0.1) is 0 Å². The van der Waals surface area contributed by atoms with E-state index in [-0.39, 0.29) is 28.4 Å². The van der Waals surface area contributed by atoms with Gasteiger partial charge in [-0.05, 0) is 41.5 Å². The zero-order valence-electron chi connectivity index (χ0n) is 18.0. The van der Waals surface area contributed by atoms with Crippen molar-refractivity contribution in [2.24, 2.45) is 0 Å². The molecule has 0 radical (unpaired) electrons. The molecule has 2 aromatic carbocycles. The molecule has 0 spiro atoms. The Balaban J connectivity index is 2.31. The Kier molecular flexibility index (Phi) is 7.93. The van der Waals surface area contributed by atoms with Gasteiger partial charge in [0.2, 0.25) is 17.5 Å². The minimum atomic E-state index is -3.12. The quantitative estimate of drug-likeness (QED) is 0.160. The summed E-state index contributed by atoms with van der Waals surface area (Å²) < 4.78 is 14.7. The van der Waals surface area contributed by atoms with Gasteiger partial charge in [0.15, 0.2) is 23.0 Å². The van der Waals surface area contributed by atoms with E-state index in [0.717, 1.165) is 30.4 Å². The van der Waals surface area contributed by atoms with E-state index >= 15 is 0 Å². The van der Waals surface area contributed by atoms with E-state index in [1.165, 1.54) is 26.4 Å². The molecule has 0 saturated heterocycles. The highest BCUT2D eigenvalue weighted by Gasteiger charge is 2.51. The number of carboxylic acids is 2. The summed E-state index contributed by atoms with van der Waals surface area (Å²) in [7, 11) is 2.57. The van der Waals surface area contributed by atoms with Crippen LogP contribution in [0.15, 0.2) is 36.4 Å². The molecule has 182 valence electrons. The SMILES string of the molecule is COc1cc(/C=C/C(=O)OC(C(=O)O)C(O)(Cc2ccc(O)c(O)c2)C(=O)O)cc(OC)c1O. The predicted octanol–water partition coefficient (Wildman–Crippen LogP) is 0.889. The van der Waals surface area contributed by atoms with Crippen molar-refractivity contribution < 1.29 is 59.2 Å². The number of carbonyl (C=O) groups is 3. The van der Waals surface area contributed by atoms with Gasteiger partial charge in [0.05, 0.1) is 14.2 Å². The first-order valence-corrected chi connectivity index (χ1v) is 9.46. The van der Waals surface area contributed by atoms with E-state index in [1.54, 1.807) is 0 Å². The maximum atomic E-state index is 12.3. The van der Waals surface area contributed by atoms with Crippen LogP contribution < -0.4 is 9.47 Å². The summed E-state index contributed by atoms with van der Waals surface area (Å²) in [4.78, 5) is 35.7. The lowest BCUT2D eigenvalue weighted by Gasteiger charge is -2.29. The molecule has 0 aliphatic rings. The summed E-state index contributed by atoms with van der Waals surface area (Å²) in [5, 5.41) is 58.5. The number of hydrogen-bond acceptors (Lipinski definition) is 10. The van der Waals surface area contributed by atoms with E-state index < -0.39 is 47.5 Å². The van der Waals surface area contributed by atoms with Gasteiger partial charge in [-0.25, -0.2) is 14.4 Å². The van der Waals surface area contributed by atoms with E-state index in [4.69, 9.17) is 14.2 Å². The summed E-state index contributed by atoms with van der Waals surface area (Å²) in [5.41, 5.74) is -2.89. The lowest BCUT2D eigenvalue weighted by Crippen LogP contribution is -2.56. The Labute approximate surface area is 192 Å². The normalized spacial score (nSPS) is 13.6. The number of benzene rings is 2. The Morgan fingerprint density at radius 2 is 1.56 bits per heavy atom. The second-order valence-electron chi connectivity index (χ2n) is 6.99. The van der Waals surface area contributed by atoms with Crippen molar-refractivity contribution in [1.82, 2.24) is 0 Å². The van der Waals surface area contributed by atoms with Gasteiger partial charge >= 0.3 is 17.9 Å². The molecule has 0 bridgehead atoms. The van der Waals surface area contributed by atoms with Gasteiger partial charge in [0, 0.05) is 12.5 Å². The largest absolute Gasteiger partial charge is 0.504 e. The Morgan fingerprint density at radius 1 is 0.971 bits per heavy atom. The number of aromatic hydroxyl groups is 3. The van der Waals surface area contributed by atoms with Crippen LogP contribution in [0.2, 0.25) is 0 Å². The van der Waals surface area contributed by atoms with Crippen LogP contribution in [-0.4, -0.2) is 74.5 Å². The molecule has 0 aromatic heterocycles. The van der Waals surface area contributed by atoms with Crippen LogP contribution in [0.5, 0.6) is 28.7 Å². The number of esters is 1. The van der Waals surface area contributed by atoms with Crippen molar-refractivity contribution in [3.63, 3.8) is 0 Å². The summed E-state index contributed by atoms with van der Waals surface area (Å²) in [6.07, 6.45) is -1.49. The van der Waals surface area contributed by atoms with Crippen LogP contribution in [0.25, 0.3) is 6.08 Å². The van der Waals surface area contributed by atoms with Crippen molar-refractivity contribution in [3.8, 4) is 28.7 Å². The number of carbonyl (C=O) groups excluding carboxylic acids is 1. The van der Waals surface area contributed by atoms with E-state index in [0.29, 0.717) is 0 Å². The molecule has 2 atom stereocenters. The third kappa shape index (κ3) is 5.66. The van der Waals surface area contributed by atoms with E-state index in [2.05, 4.69) is 0 Å². The fourth-order valence-corrected chi connectivity index (χ4v) is 2.95. The molecule has 0 heterocycles. The molecule has 12 nitrogen and oxygen atoms in total. The molecule has 34 heavy (non-hydrogen) atoms. The third-order valence-corrected chi connectivity index (χ3v) is 4.69. The number of aliphatic hydroxyl groups is 1. The Morgan fingerprint density at radius 3 is 2.03 bits per heavy atom. The standard InChI is InChI=1S/C22H22O12/c1-32-15-8-11(9-16(33-2)18(15)26)4-6-17(25)34-19(20(27)28)22(31,21(29)30)10-12-3-5-13(23)14(24)7-12/h3-9,19,23-24,26,31H,10H2,1-2H3,(H,27,28)(H,29,30)/b6-4+. The van der Waals surface area contributed by atoms with Crippen molar-refractivity contribution in [1.29, 1.82) is 0 Å². The number of rotatable bonds is 10. The maximum Gasteiger partial charge on any atom is 0.348 e. The summed E-state index contributed by atoms with van der Waals surface area (Å²) in [6, 6.07) is 5.75. The molecule has 0 amide bonds. The van der Waals surface area contributed by atoms with Crippen molar-refractivity contribution in [2.75, 3.05) is 14.2 Å². The second-order valence-corrected chi connectivity index (χ2v) is 6.99. The molecule has 0 aliphatic carbocycles. The zero-order chi connectivity index (χ0) is 25.6. The molecular formula is C22H22O12. The molecule has 2 unspecified atom stereocenters. The first kappa shape index (κ1) is 25.8. The van der Waals surface area contributed by atoms with Crippen LogP contribution >= 0.6 is 0 Å². The number of phenols is 3. The lowest BCUT2D eigenvalue weighted by molar-refractivity contribution is -0.192. The number of hydrogen-bond donors (Lipinski definition) is 6. The molecule has 0 fully saturated rings. The number of aliphatic carboxylic acids is 2. The number of ether oxygens (including phenoxy) is 3. The van der Waals surface area contributed by atoms with Crippen LogP contribution in [0.3, 0.4) is 0 Å². The number of phenolic OH excluding ortho intramolecular Hbond substituents is 3. The van der Waals surface area contributed by atoms with Gasteiger partial charge in [0.1, 0.15) is 0 Å². The molecular weight excluding hydrogens is 456 g/mol. The van der Waals surface area contributed by atoms with Gasteiger partial charge in [-0.1, -0.05) is 6.07 Å². The molecule has 0 saturated carbocycles. The smallest absolute Gasteiger partial charge is 0.348 e. The summed E-state index contributed by atoms with van der Waals surface area (Å²) >= 11 is 0. The third-order valence-electron chi connectivity index (χ3n) is 4.69. The van der Waals surface area contributed by atoms with Gasteiger partial charge < -0.3 is 44.8 Å². The highest BCUT2D eigenvalue weighted by Crippen LogP contribution is 2.37. The van der Waals surface area contributed by atoms with Gasteiger partial charge in [0.25, 0.3) is 0 Å². The minimum absolute atomic E-state index is 0.0215. The molecule has 2 rings (SSSR count). The molecule has 6 N–H and O–H groups in total. The van der Waals surface area contributed by atoms with Crippen molar-refractivity contribution >= 4 is 24.0 Å². The molecule has 12 heteroatoms. The van der Waals surface area contributed by atoms with Gasteiger partial charge in [-0.3, -0.25) is 0 Å². The van der Waals surface area contributed by atoms with Crippen LogP contribution in [0.1, 0.15) is 11.1 Å². The number of methoxy groups -OCH3 is 2. The highest BCUT2D eigenvalue weighted by molar-refractivity contribution is 5.93. The number of carboxylic acid groups (broad SMARTS) is 2. The van der Waals surface area contributed by atoms with Crippen LogP contribution in [0, 0.1) is 0 Å². The first-order valence-electron chi connectivity index (χ1n) is 9.46. The Hall–Kier alpha value is -4.45. The molecule has 0 aliphatic heterocycles. The Bertz CT molecular complexity index is 1100. The van der Waals surface area contributed by atoms with Crippen molar-refractivity contribution in [2.45, 2.75) is 18.1 Å². The zero-order valence-corrected chi connectivity index (χ0v) is 18.0. The summed E-state index contributed by atoms with van der Waals surface area (Å²) in [5.74, 6) is -6.64. The van der Waals surface area contributed by atoms with Crippen LogP contribution in [-0.2, 0) is 25.5 Å². The van der Waals surface area contributed by atoms with Crippen molar-refractivity contribution in [3.05, 3.63) is 47.5 Å². The summed E-state index contributed by atoms with van der Waals surface area (Å²) in [6.45, 7) is 0. The highest BCUT2D eigenvalue weighted by atomic mass is 16.6. The van der Waals surface area contributed by atoms with E-state index in [1.807, 2.05) is 0 Å². The monoisotopic (exact) mass is 478 g/mol. The minimum Gasteiger partial charge on any atom is -0.504 e. The predicted molar refractivity (Wildman–Crippen MR) is 114 cm³/mol. The van der Waals surface area contributed by atoms with E-state index in [9.17, 15) is 45.0 Å². The fourth-order valence-electron chi connectivity index (χ4n) is 2.95. The van der Waals surface area contributed by atoms with Gasteiger partial charge in [-0.2, -0.15) is 0 Å². The topological polar surface area (TPSA) is 200 Å². The fraction of sp³-hybridized carbons (Fsp3) is 0.227. The molecule has 2 aromatic rings. The second kappa shape index (κ2) is 10.4. The maximum absolute atomic E-state index is 12.3. The average Bonchev–Trinajstić information content (AvgIpc) is 2.78. The lowest BCUT2D eigenvalue weighted by atomic mass is 9.88. The first-order chi connectivity index (χ1) is 15.9.